The van der Waals surface area contributed by atoms with Gasteiger partial charge in [-0.05, 0) is 18.2 Å². The highest BCUT2D eigenvalue weighted by Crippen LogP contribution is 2.33. The van der Waals surface area contributed by atoms with Crippen molar-refractivity contribution in [1.82, 2.24) is 10.2 Å². The Kier molecular flexibility index (Phi) is 4.39. The topological polar surface area (TPSA) is 51.0 Å². The van der Waals surface area contributed by atoms with Gasteiger partial charge in [-0.2, -0.15) is 13.2 Å². The number of nitrogens with zero attached hydrogens (tertiary/aromatic N) is 2. The Hall–Kier alpha value is -1.47. The molecule has 2 aromatic rings. The fourth-order valence-electron chi connectivity index (χ4n) is 1.43. The lowest BCUT2D eigenvalue weighted by atomic mass is 10.2. The van der Waals surface area contributed by atoms with Gasteiger partial charge in [0.2, 0.25) is 5.89 Å². The van der Waals surface area contributed by atoms with Crippen molar-refractivity contribution in [2.24, 2.45) is 0 Å². The molecular weight excluding hydrogens is 318 g/mol. The zero-order chi connectivity index (χ0) is 14.8. The Labute approximate surface area is 121 Å². The van der Waals surface area contributed by atoms with Crippen molar-refractivity contribution in [2.75, 3.05) is 11.2 Å². The van der Waals surface area contributed by atoms with Gasteiger partial charge < -0.3 is 9.73 Å². The number of aromatic nitrogens is 2. The summed E-state index contributed by atoms with van der Waals surface area (Å²) in [7, 11) is 0. The highest BCUT2D eigenvalue weighted by Gasteiger charge is 2.31. The van der Waals surface area contributed by atoms with Crippen LogP contribution in [-0.4, -0.2) is 16.1 Å². The van der Waals surface area contributed by atoms with Crippen LogP contribution in [0.5, 0.6) is 0 Å². The van der Waals surface area contributed by atoms with Crippen molar-refractivity contribution >= 4 is 34.9 Å². The van der Waals surface area contributed by atoms with Crippen LogP contribution in [0.25, 0.3) is 0 Å². The van der Waals surface area contributed by atoms with E-state index in [1.165, 1.54) is 6.07 Å². The predicted molar refractivity (Wildman–Crippen MR) is 68.5 cm³/mol. The molecule has 20 heavy (non-hydrogen) atoms. The molecule has 1 N–H and O–H groups in total. The molecule has 0 aliphatic rings. The molecule has 0 bridgehead atoms. The minimum atomic E-state index is -4.49. The number of hydrogen-bond acceptors (Lipinski definition) is 4. The number of rotatable bonds is 4. The van der Waals surface area contributed by atoms with E-state index in [4.69, 9.17) is 27.6 Å². The lowest BCUT2D eigenvalue weighted by molar-refractivity contribution is -0.137. The van der Waals surface area contributed by atoms with Crippen LogP contribution >= 0.6 is 23.2 Å². The number of benzene rings is 1. The first-order valence-electron chi connectivity index (χ1n) is 5.41. The number of aryl methyl sites for hydroxylation is 1. The summed E-state index contributed by atoms with van der Waals surface area (Å²) in [6.45, 7) is 0. The summed E-state index contributed by atoms with van der Waals surface area (Å²) in [6.07, 6.45) is -4.11. The monoisotopic (exact) mass is 325 g/mol. The minimum Gasteiger partial charge on any atom is -0.408 e. The zero-order valence-electron chi connectivity index (χ0n) is 9.84. The van der Waals surface area contributed by atoms with Gasteiger partial charge in [0.15, 0.2) is 0 Å². The Morgan fingerprint density at radius 3 is 2.60 bits per heavy atom. The van der Waals surface area contributed by atoms with E-state index in [1.54, 1.807) is 0 Å². The first-order valence-corrected chi connectivity index (χ1v) is 6.33. The molecule has 0 amide bonds. The fraction of sp³-hybridized carbons (Fsp3) is 0.273. The summed E-state index contributed by atoms with van der Waals surface area (Å²) in [5.74, 6) is 0.595. The molecule has 0 atom stereocenters. The number of halogens is 5. The molecule has 1 aromatic carbocycles. The number of nitrogens with one attached hydrogen (secondary N) is 1. The molecule has 0 saturated carbocycles. The van der Waals surface area contributed by atoms with E-state index in [0.29, 0.717) is 18.2 Å². The average molecular weight is 326 g/mol. The summed E-state index contributed by atoms with van der Waals surface area (Å²) >= 11 is 11.2. The van der Waals surface area contributed by atoms with Crippen LogP contribution in [0.15, 0.2) is 22.6 Å². The summed E-state index contributed by atoms with van der Waals surface area (Å²) in [4.78, 5) is 0. The van der Waals surface area contributed by atoms with Gasteiger partial charge in [0.1, 0.15) is 0 Å². The van der Waals surface area contributed by atoms with Crippen LogP contribution in [0, 0.1) is 0 Å². The second kappa shape index (κ2) is 5.88. The molecule has 9 heteroatoms. The summed E-state index contributed by atoms with van der Waals surface area (Å²) < 4.78 is 43.1. The van der Waals surface area contributed by atoms with Crippen molar-refractivity contribution in [3.05, 3.63) is 34.7 Å². The number of anilines is 2. The molecule has 4 nitrogen and oxygen atoms in total. The quantitative estimate of drug-likeness (QED) is 0.853. The van der Waals surface area contributed by atoms with E-state index in [0.717, 1.165) is 12.1 Å². The first kappa shape index (κ1) is 14.9. The molecular formula is C11H8Cl2F3N3O. The molecule has 2 rings (SSSR count). The third-order valence-electron chi connectivity index (χ3n) is 2.25. The smallest absolute Gasteiger partial charge is 0.408 e. The van der Waals surface area contributed by atoms with Crippen molar-refractivity contribution in [2.45, 2.75) is 12.6 Å². The lowest BCUT2D eigenvalue weighted by Crippen LogP contribution is -2.05. The van der Waals surface area contributed by atoms with Gasteiger partial charge in [-0.25, -0.2) is 0 Å². The molecule has 0 aliphatic carbocycles. The number of hydrogen-bond donors (Lipinski definition) is 1. The molecule has 1 heterocycles. The van der Waals surface area contributed by atoms with Crippen molar-refractivity contribution in [3.63, 3.8) is 0 Å². The average Bonchev–Trinajstić information content (AvgIpc) is 2.75. The largest absolute Gasteiger partial charge is 0.416 e. The molecule has 1 aromatic heterocycles. The van der Waals surface area contributed by atoms with Gasteiger partial charge in [0.05, 0.1) is 5.56 Å². The SMILES string of the molecule is FC(F)(F)c1cc(Cl)cc(Nc2nnc(CCCl)o2)c1. The molecule has 0 unspecified atom stereocenters. The minimum absolute atomic E-state index is 0.0273. The van der Waals surface area contributed by atoms with Crippen LogP contribution in [0.1, 0.15) is 11.5 Å². The summed E-state index contributed by atoms with van der Waals surface area (Å²) in [6, 6.07) is 3.03. The van der Waals surface area contributed by atoms with Gasteiger partial charge in [-0.15, -0.1) is 16.7 Å². The standard InChI is InChI=1S/C11H8Cl2F3N3O/c12-2-1-9-18-19-10(20-9)17-8-4-6(11(14,15)16)3-7(13)5-8/h3-5H,1-2H2,(H,17,19). The van der Waals surface area contributed by atoms with Crippen molar-refractivity contribution in [3.8, 4) is 0 Å². The van der Waals surface area contributed by atoms with Crippen LogP contribution in [0.3, 0.4) is 0 Å². The molecule has 0 spiro atoms. The van der Waals surface area contributed by atoms with Crippen molar-refractivity contribution in [1.29, 1.82) is 0 Å². The van der Waals surface area contributed by atoms with Crippen LogP contribution < -0.4 is 5.32 Å². The molecule has 108 valence electrons. The van der Waals surface area contributed by atoms with Gasteiger partial charge in [0.25, 0.3) is 0 Å². The Balaban J connectivity index is 2.22. The normalized spacial score (nSPS) is 11.7. The third kappa shape index (κ3) is 3.77. The van der Waals surface area contributed by atoms with E-state index in [1.807, 2.05) is 0 Å². The van der Waals surface area contributed by atoms with Gasteiger partial charge in [0, 0.05) is 23.0 Å². The van der Waals surface area contributed by atoms with E-state index in [9.17, 15) is 13.2 Å². The number of alkyl halides is 4. The summed E-state index contributed by atoms with van der Waals surface area (Å²) in [5.41, 5.74) is -0.765. The van der Waals surface area contributed by atoms with Gasteiger partial charge >= 0.3 is 12.2 Å². The molecule has 0 radical (unpaired) electrons. The van der Waals surface area contributed by atoms with E-state index in [-0.39, 0.29) is 16.7 Å². The van der Waals surface area contributed by atoms with Gasteiger partial charge in [-0.3, -0.25) is 0 Å². The second-order valence-corrected chi connectivity index (χ2v) is 4.61. The van der Waals surface area contributed by atoms with Crippen LogP contribution in [0.4, 0.5) is 24.9 Å². The highest BCUT2D eigenvalue weighted by atomic mass is 35.5. The maximum Gasteiger partial charge on any atom is 0.416 e. The zero-order valence-corrected chi connectivity index (χ0v) is 11.4. The Morgan fingerprint density at radius 1 is 1.20 bits per heavy atom. The molecule has 0 aliphatic heterocycles. The van der Waals surface area contributed by atoms with E-state index >= 15 is 0 Å². The van der Waals surface area contributed by atoms with Crippen LogP contribution in [0.2, 0.25) is 5.02 Å². The third-order valence-corrected chi connectivity index (χ3v) is 2.66. The predicted octanol–water partition coefficient (Wildman–Crippen LogP) is 4.27. The lowest BCUT2D eigenvalue weighted by Gasteiger charge is -2.09. The Bertz CT molecular complexity index is 601. The first-order chi connectivity index (χ1) is 9.38. The van der Waals surface area contributed by atoms with E-state index < -0.39 is 11.7 Å². The second-order valence-electron chi connectivity index (χ2n) is 3.79. The Morgan fingerprint density at radius 2 is 1.95 bits per heavy atom. The van der Waals surface area contributed by atoms with E-state index in [2.05, 4.69) is 15.5 Å². The summed E-state index contributed by atoms with van der Waals surface area (Å²) in [5, 5.41) is 9.83. The van der Waals surface area contributed by atoms with Gasteiger partial charge in [-0.1, -0.05) is 16.7 Å². The maximum absolute atomic E-state index is 12.6. The molecule has 0 fully saturated rings. The fourth-order valence-corrected chi connectivity index (χ4v) is 1.83. The van der Waals surface area contributed by atoms with Crippen LogP contribution in [-0.2, 0) is 12.6 Å². The highest BCUT2D eigenvalue weighted by molar-refractivity contribution is 6.31. The maximum atomic E-state index is 12.6. The molecule has 0 saturated heterocycles. The van der Waals surface area contributed by atoms with Crippen molar-refractivity contribution < 1.29 is 17.6 Å².